The van der Waals surface area contributed by atoms with Crippen LogP contribution in [-0.4, -0.2) is 51.2 Å². The Hall–Kier alpha value is -4.39. The largest absolute Gasteiger partial charge is 0.490 e. The number of nitrogens with one attached hydrogen (secondary N) is 2. The Labute approximate surface area is 245 Å². The van der Waals surface area contributed by atoms with Crippen LogP contribution in [0.25, 0.3) is 22.2 Å². The maximum absolute atomic E-state index is 15.2. The second kappa shape index (κ2) is 11.4. The summed E-state index contributed by atoms with van der Waals surface area (Å²) in [5.41, 5.74) is 6.73. The third-order valence-corrected chi connectivity index (χ3v) is 7.93. The van der Waals surface area contributed by atoms with Crippen LogP contribution in [0.1, 0.15) is 44.2 Å². The SMILES string of the molecule is CCN1CCC(Oc2ccc(NC(=O)Nc3ccc(-c4cn(C5CC5)c5ncnc(N)c45)cc3F)cc2C(F)(F)F)CC1. The van der Waals surface area contributed by atoms with E-state index in [9.17, 15) is 18.0 Å². The van der Waals surface area contributed by atoms with Gasteiger partial charge in [0.15, 0.2) is 0 Å². The number of carbonyl (C=O) groups is 1. The van der Waals surface area contributed by atoms with Gasteiger partial charge in [-0.2, -0.15) is 13.2 Å². The van der Waals surface area contributed by atoms with Gasteiger partial charge in [0, 0.05) is 36.6 Å². The molecule has 4 N–H and O–H groups in total. The van der Waals surface area contributed by atoms with Gasteiger partial charge in [-0.3, -0.25) is 0 Å². The van der Waals surface area contributed by atoms with Crippen molar-refractivity contribution >= 4 is 34.3 Å². The number of anilines is 3. The minimum atomic E-state index is -4.70. The molecule has 0 spiro atoms. The van der Waals surface area contributed by atoms with Crippen molar-refractivity contribution in [3.63, 3.8) is 0 Å². The van der Waals surface area contributed by atoms with Gasteiger partial charge in [-0.25, -0.2) is 19.2 Å². The normalized spacial score (nSPS) is 16.4. The molecule has 0 radical (unpaired) electrons. The van der Waals surface area contributed by atoms with E-state index in [0.717, 1.165) is 38.5 Å². The average Bonchev–Trinajstić information content (AvgIpc) is 3.74. The standard InChI is InChI=1S/C30H31F4N7O2/c1-2-40-11-9-20(10-12-40)43-25-8-4-18(14-22(25)30(32,33)34)38-29(42)39-24-7-3-17(13-23(24)31)21-15-41(19-5-6-19)28-26(21)27(35)36-16-37-28/h3-4,7-8,13-16,19-20H,2,5-6,9-12H2,1H3,(H2,35,36,37)(H2,38,39,42). The Balaban J connectivity index is 1.17. The third-order valence-electron chi connectivity index (χ3n) is 7.93. The van der Waals surface area contributed by atoms with Crippen LogP contribution in [0, 0.1) is 5.82 Å². The molecular weight excluding hydrogens is 566 g/mol. The number of rotatable bonds is 7. The predicted molar refractivity (Wildman–Crippen MR) is 155 cm³/mol. The van der Waals surface area contributed by atoms with E-state index in [1.165, 1.54) is 30.6 Å². The number of piperidine rings is 1. The Kier molecular flexibility index (Phi) is 7.59. The molecule has 2 aromatic carbocycles. The molecule has 13 heteroatoms. The van der Waals surface area contributed by atoms with Crippen molar-refractivity contribution in [3.8, 4) is 16.9 Å². The van der Waals surface area contributed by atoms with E-state index in [1.807, 2.05) is 17.7 Å². The third kappa shape index (κ3) is 6.07. The number of halogens is 4. The first-order valence-corrected chi connectivity index (χ1v) is 14.2. The van der Waals surface area contributed by atoms with Gasteiger partial charge >= 0.3 is 12.2 Å². The quantitative estimate of drug-likeness (QED) is 0.205. The molecule has 1 aliphatic carbocycles. The lowest BCUT2D eigenvalue weighted by atomic mass is 10.1. The number of alkyl halides is 3. The van der Waals surface area contributed by atoms with Crippen LogP contribution < -0.4 is 21.1 Å². The first-order valence-electron chi connectivity index (χ1n) is 14.2. The topological polar surface area (TPSA) is 110 Å². The fourth-order valence-electron chi connectivity index (χ4n) is 5.48. The minimum Gasteiger partial charge on any atom is -0.490 e. The molecule has 6 rings (SSSR count). The highest BCUT2D eigenvalue weighted by molar-refractivity contribution is 6.02. The van der Waals surface area contributed by atoms with Gasteiger partial charge in [0.1, 0.15) is 35.5 Å². The summed E-state index contributed by atoms with van der Waals surface area (Å²) in [5, 5.41) is 5.35. The molecule has 1 saturated carbocycles. The van der Waals surface area contributed by atoms with E-state index in [4.69, 9.17) is 10.5 Å². The van der Waals surface area contributed by atoms with E-state index in [2.05, 4.69) is 25.5 Å². The second-order valence-electron chi connectivity index (χ2n) is 10.9. The van der Waals surface area contributed by atoms with Crippen LogP contribution in [0.15, 0.2) is 48.9 Å². The Bertz CT molecular complexity index is 1660. The number of hydrogen-bond acceptors (Lipinski definition) is 6. The van der Waals surface area contributed by atoms with Gasteiger partial charge < -0.3 is 30.6 Å². The van der Waals surface area contributed by atoms with Gasteiger partial charge in [0.25, 0.3) is 0 Å². The number of likely N-dealkylation sites (tertiary alicyclic amines) is 1. The molecule has 2 amide bonds. The number of hydrogen-bond donors (Lipinski definition) is 3. The van der Waals surface area contributed by atoms with Gasteiger partial charge in [0.2, 0.25) is 0 Å². The number of nitrogen functional groups attached to an aromatic ring is 1. The van der Waals surface area contributed by atoms with Crippen molar-refractivity contribution in [2.24, 2.45) is 0 Å². The van der Waals surface area contributed by atoms with Crippen molar-refractivity contribution < 1.29 is 27.1 Å². The van der Waals surface area contributed by atoms with Crippen LogP contribution in [0.5, 0.6) is 5.75 Å². The number of amides is 2. The molecule has 1 saturated heterocycles. The molecule has 3 heterocycles. The van der Waals surface area contributed by atoms with E-state index in [-0.39, 0.29) is 29.0 Å². The lowest BCUT2D eigenvalue weighted by Crippen LogP contribution is -2.38. The monoisotopic (exact) mass is 597 g/mol. The Morgan fingerprint density at radius 2 is 1.84 bits per heavy atom. The summed E-state index contributed by atoms with van der Waals surface area (Å²) < 4.78 is 64.6. The van der Waals surface area contributed by atoms with E-state index >= 15 is 4.39 Å². The van der Waals surface area contributed by atoms with Crippen LogP contribution in [0.4, 0.5) is 39.5 Å². The molecule has 226 valence electrons. The van der Waals surface area contributed by atoms with Crippen LogP contribution in [0.2, 0.25) is 0 Å². The highest BCUT2D eigenvalue weighted by Crippen LogP contribution is 2.42. The number of carbonyl (C=O) groups excluding carboxylic acids is 1. The lowest BCUT2D eigenvalue weighted by Gasteiger charge is -2.31. The molecule has 2 aliphatic rings. The fraction of sp³-hybridized carbons (Fsp3) is 0.367. The molecule has 2 aromatic heterocycles. The fourth-order valence-corrected chi connectivity index (χ4v) is 5.48. The van der Waals surface area contributed by atoms with E-state index in [0.29, 0.717) is 41.0 Å². The summed E-state index contributed by atoms with van der Waals surface area (Å²) in [6.45, 7) is 4.43. The Morgan fingerprint density at radius 3 is 2.51 bits per heavy atom. The zero-order chi connectivity index (χ0) is 30.3. The number of urea groups is 1. The molecule has 9 nitrogen and oxygen atoms in total. The highest BCUT2D eigenvalue weighted by Gasteiger charge is 2.36. The summed E-state index contributed by atoms with van der Waals surface area (Å²) in [5.74, 6) is -0.744. The van der Waals surface area contributed by atoms with Gasteiger partial charge in [-0.1, -0.05) is 13.0 Å². The number of ether oxygens (including phenoxy) is 1. The molecule has 0 atom stereocenters. The molecule has 43 heavy (non-hydrogen) atoms. The number of fused-ring (bicyclic) bond motifs is 1. The molecular formula is C30H31F4N7O2. The first-order chi connectivity index (χ1) is 20.6. The van der Waals surface area contributed by atoms with Crippen molar-refractivity contribution in [2.75, 3.05) is 36.0 Å². The lowest BCUT2D eigenvalue weighted by molar-refractivity contribution is -0.139. The minimum absolute atomic E-state index is 0.113. The molecule has 4 aromatic rings. The predicted octanol–water partition coefficient (Wildman–Crippen LogP) is 6.68. The number of aromatic nitrogens is 3. The van der Waals surface area contributed by atoms with Crippen molar-refractivity contribution in [2.45, 2.75) is 50.9 Å². The smallest absolute Gasteiger partial charge is 0.420 e. The highest BCUT2D eigenvalue weighted by atomic mass is 19.4. The van der Waals surface area contributed by atoms with Gasteiger partial charge in [-0.05, 0) is 68.1 Å². The summed E-state index contributed by atoms with van der Waals surface area (Å²) in [6, 6.07) is 7.01. The van der Waals surface area contributed by atoms with Crippen molar-refractivity contribution in [1.29, 1.82) is 0 Å². The molecule has 0 unspecified atom stereocenters. The van der Waals surface area contributed by atoms with Crippen LogP contribution >= 0.6 is 0 Å². The van der Waals surface area contributed by atoms with Crippen molar-refractivity contribution in [3.05, 3.63) is 60.3 Å². The Morgan fingerprint density at radius 1 is 1.07 bits per heavy atom. The van der Waals surface area contributed by atoms with Crippen molar-refractivity contribution in [1.82, 2.24) is 19.4 Å². The number of nitrogens with zero attached hydrogens (tertiary/aromatic N) is 4. The maximum atomic E-state index is 15.2. The maximum Gasteiger partial charge on any atom is 0.420 e. The van der Waals surface area contributed by atoms with Crippen LogP contribution in [-0.2, 0) is 6.18 Å². The zero-order valence-electron chi connectivity index (χ0n) is 23.4. The number of benzene rings is 2. The van der Waals surface area contributed by atoms with Gasteiger partial charge in [0.05, 0.1) is 16.6 Å². The van der Waals surface area contributed by atoms with E-state index in [1.54, 1.807) is 6.07 Å². The van der Waals surface area contributed by atoms with Gasteiger partial charge in [-0.15, -0.1) is 0 Å². The molecule has 1 aliphatic heterocycles. The zero-order valence-corrected chi connectivity index (χ0v) is 23.4. The summed E-state index contributed by atoms with van der Waals surface area (Å²) in [4.78, 5) is 23.3. The second-order valence-corrected chi connectivity index (χ2v) is 10.9. The first kappa shape index (κ1) is 28.7. The van der Waals surface area contributed by atoms with Crippen LogP contribution in [0.3, 0.4) is 0 Å². The van der Waals surface area contributed by atoms with E-state index < -0.39 is 23.6 Å². The summed E-state index contributed by atoms with van der Waals surface area (Å²) in [7, 11) is 0. The average molecular weight is 598 g/mol. The molecule has 2 fully saturated rings. The molecule has 0 bridgehead atoms. The number of nitrogens with two attached hydrogens (primary N) is 1. The summed E-state index contributed by atoms with van der Waals surface area (Å²) in [6.07, 6.45) is 1.51. The summed E-state index contributed by atoms with van der Waals surface area (Å²) >= 11 is 0.